The first-order chi connectivity index (χ1) is 12.3. The molecule has 4 rings (SSSR count). The van der Waals surface area contributed by atoms with Crippen molar-refractivity contribution in [1.29, 1.82) is 0 Å². The average molecular weight is 380 g/mol. The normalized spacial score (nSPS) is 25.8. The summed E-state index contributed by atoms with van der Waals surface area (Å²) in [6, 6.07) is 6.91. The monoisotopic (exact) mass is 379 g/mol. The van der Waals surface area contributed by atoms with Crippen LogP contribution < -0.4 is 15.4 Å². The molecule has 2 bridgehead atoms. The molecule has 0 atom stereocenters. The molecule has 2 N–H and O–H groups in total. The Labute approximate surface area is 159 Å². The van der Waals surface area contributed by atoms with Gasteiger partial charge < -0.3 is 15.4 Å². The van der Waals surface area contributed by atoms with Crippen molar-refractivity contribution in [3.63, 3.8) is 0 Å². The molecule has 0 saturated heterocycles. The van der Waals surface area contributed by atoms with Crippen molar-refractivity contribution in [2.75, 3.05) is 26.7 Å². The summed E-state index contributed by atoms with van der Waals surface area (Å²) in [7, 11) is 1.95. The maximum Gasteiger partial charge on any atom is 0.258 e. The van der Waals surface area contributed by atoms with Crippen molar-refractivity contribution in [2.45, 2.75) is 43.7 Å². The average Bonchev–Trinajstić information content (AvgIpc) is 2.51. The standard InChI is InChI=1S/C19H26ClN3O3/c1-3-8-23(2)9-16(24)21-18-11-19(12-18,13-18)22-17(25)10-26-15-6-4-14(20)5-7-15/h4-7H,3,8-13H2,1-2H3,(H,21,24)(H,22,25). The van der Waals surface area contributed by atoms with E-state index < -0.39 is 0 Å². The van der Waals surface area contributed by atoms with E-state index in [0.717, 1.165) is 32.2 Å². The summed E-state index contributed by atoms with van der Waals surface area (Å²) in [5, 5.41) is 6.81. The number of rotatable bonds is 9. The van der Waals surface area contributed by atoms with Gasteiger partial charge in [-0.05, 0) is 63.5 Å². The van der Waals surface area contributed by atoms with E-state index in [2.05, 4.69) is 17.6 Å². The number of likely N-dealkylation sites (N-methyl/N-ethyl adjacent to an activating group) is 1. The number of carbonyl (C=O) groups excluding carboxylic acids is 2. The van der Waals surface area contributed by atoms with Gasteiger partial charge in [0.2, 0.25) is 5.91 Å². The first-order valence-electron chi connectivity index (χ1n) is 9.03. The van der Waals surface area contributed by atoms with Gasteiger partial charge >= 0.3 is 0 Å². The van der Waals surface area contributed by atoms with Crippen molar-refractivity contribution in [1.82, 2.24) is 15.5 Å². The molecule has 1 aromatic rings. The lowest BCUT2D eigenvalue weighted by atomic mass is 9.44. The molecule has 0 spiro atoms. The van der Waals surface area contributed by atoms with E-state index in [0.29, 0.717) is 17.3 Å². The SMILES string of the molecule is CCCN(C)CC(=O)NC12CC(NC(=O)COc3ccc(Cl)cc3)(C1)C2. The third-order valence-corrected chi connectivity index (χ3v) is 5.29. The van der Waals surface area contributed by atoms with E-state index in [1.807, 2.05) is 11.9 Å². The van der Waals surface area contributed by atoms with Crippen LogP contribution in [-0.2, 0) is 9.59 Å². The Morgan fingerprint density at radius 1 is 1.12 bits per heavy atom. The molecule has 26 heavy (non-hydrogen) atoms. The van der Waals surface area contributed by atoms with Gasteiger partial charge in [0.1, 0.15) is 5.75 Å². The summed E-state index contributed by atoms with van der Waals surface area (Å²) in [6.07, 6.45) is 3.43. The molecule has 0 unspecified atom stereocenters. The van der Waals surface area contributed by atoms with Gasteiger partial charge in [-0.15, -0.1) is 0 Å². The predicted molar refractivity (Wildman–Crippen MR) is 100 cm³/mol. The topological polar surface area (TPSA) is 70.7 Å². The summed E-state index contributed by atoms with van der Waals surface area (Å²) >= 11 is 5.82. The largest absolute Gasteiger partial charge is 0.484 e. The smallest absolute Gasteiger partial charge is 0.258 e. The van der Waals surface area contributed by atoms with E-state index >= 15 is 0 Å². The lowest BCUT2D eigenvalue weighted by Crippen LogP contribution is -2.84. The highest BCUT2D eigenvalue weighted by molar-refractivity contribution is 6.30. The summed E-state index contributed by atoms with van der Waals surface area (Å²) in [5.74, 6) is 0.538. The molecular weight excluding hydrogens is 354 g/mol. The zero-order chi connectivity index (χ0) is 18.8. The van der Waals surface area contributed by atoms with Crippen molar-refractivity contribution in [3.8, 4) is 5.75 Å². The van der Waals surface area contributed by atoms with Gasteiger partial charge in [0.15, 0.2) is 6.61 Å². The van der Waals surface area contributed by atoms with Crippen molar-refractivity contribution in [3.05, 3.63) is 29.3 Å². The minimum atomic E-state index is -0.164. The maximum absolute atomic E-state index is 12.1. The van der Waals surface area contributed by atoms with Crippen LogP contribution in [0.2, 0.25) is 5.02 Å². The minimum Gasteiger partial charge on any atom is -0.484 e. The number of amides is 2. The van der Waals surface area contributed by atoms with Crippen LogP contribution in [0.1, 0.15) is 32.6 Å². The number of halogens is 1. The quantitative estimate of drug-likeness (QED) is 0.688. The van der Waals surface area contributed by atoms with Crippen molar-refractivity contribution >= 4 is 23.4 Å². The van der Waals surface area contributed by atoms with E-state index in [-0.39, 0.29) is 29.5 Å². The first kappa shape index (κ1) is 19.0. The minimum absolute atomic E-state index is 0.0233. The van der Waals surface area contributed by atoms with Crippen molar-refractivity contribution < 1.29 is 14.3 Å². The Morgan fingerprint density at radius 2 is 1.69 bits per heavy atom. The molecule has 0 radical (unpaired) electrons. The Balaban J connectivity index is 1.36. The lowest BCUT2D eigenvalue weighted by molar-refractivity contribution is -0.150. The fourth-order valence-corrected chi connectivity index (χ4v) is 4.23. The Morgan fingerprint density at radius 3 is 2.27 bits per heavy atom. The number of ether oxygens (including phenoxy) is 1. The number of hydrogen-bond donors (Lipinski definition) is 2. The van der Waals surface area contributed by atoms with Gasteiger partial charge in [-0.25, -0.2) is 0 Å². The molecule has 2 amide bonds. The van der Waals surface area contributed by atoms with Gasteiger partial charge in [-0.3, -0.25) is 14.5 Å². The highest BCUT2D eigenvalue weighted by Gasteiger charge is 2.69. The van der Waals surface area contributed by atoms with E-state index in [1.54, 1.807) is 24.3 Å². The van der Waals surface area contributed by atoms with E-state index in [9.17, 15) is 9.59 Å². The molecule has 7 heteroatoms. The number of benzene rings is 1. The molecule has 0 aliphatic heterocycles. The van der Waals surface area contributed by atoms with Crippen LogP contribution in [0.5, 0.6) is 5.75 Å². The third-order valence-electron chi connectivity index (χ3n) is 5.04. The zero-order valence-electron chi connectivity index (χ0n) is 15.3. The second-order valence-electron chi connectivity index (χ2n) is 7.67. The van der Waals surface area contributed by atoms with Gasteiger partial charge in [0.05, 0.1) is 6.54 Å². The maximum atomic E-state index is 12.1. The molecule has 3 fully saturated rings. The second-order valence-corrected chi connectivity index (χ2v) is 8.10. The van der Waals surface area contributed by atoms with Crippen LogP contribution in [-0.4, -0.2) is 54.5 Å². The second kappa shape index (κ2) is 7.45. The van der Waals surface area contributed by atoms with Crippen molar-refractivity contribution in [2.24, 2.45) is 0 Å². The summed E-state index contributed by atoms with van der Waals surface area (Å²) in [6.45, 7) is 3.40. The highest BCUT2D eigenvalue weighted by atomic mass is 35.5. The predicted octanol–water partition coefficient (Wildman–Crippen LogP) is 1.97. The van der Waals surface area contributed by atoms with Crippen LogP contribution in [0.25, 0.3) is 0 Å². The fraction of sp³-hybridized carbons (Fsp3) is 0.579. The van der Waals surface area contributed by atoms with Crippen LogP contribution in [0.15, 0.2) is 24.3 Å². The Hall–Kier alpha value is -1.79. The molecule has 3 aliphatic carbocycles. The van der Waals surface area contributed by atoms with Gasteiger partial charge in [0, 0.05) is 16.1 Å². The Bertz CT molecular complexity index is 657. The van der Waals surface area contributed by atoms with Crippen LogP contribution in [0.3, 0.4) is 0 Å². The van der Waals surface area contributed by atoms with Gasteiger partial charge in [0.25, 0.3) is 5.91 Å². The van der Waals surface area contributed by atoms with Crippen LogP contribution in [0, 0.1) is 0 Å². The molecule has 6 nitrogen and oxygen atoms in total. The first-order valence-corrected chi connectivity index (χ1v) is 9.40. The number of nitrogens with zero attached hydrogens (tertiary/aromatic N) is 1. The zero-order valence-corrected chi connectivity index (χ0v) is 16.1. The number of carbonyl (C=O) groups is 2. The highest BCUT2D eigenvalue weighted by Crippen LogP contribution is 2.60. The number of hydrogen-bond acceptors (Lipinski definition) is 4. The molecule has 1 aromatic carbocycles. The lowest BCUT2D eigenvalue weighted by Gasteiger charge is -2.70. The van der Waals surface area contributed by atoms with Gasteiger partial charge in [-0.2, -0.15) is 0 Å². The molecular formula is C19H26ClN3O3. The third kappa shape index (κ3) is 4.30. The molecule has 3 aliphatic rings. The fourth-order valence-electron chi connectivity index (χ4n) is 4.11. The van der Waals surface area contributed by atoms with Gasteiger partial charge in [-0.1, -0.05) is 18.5 Å². The summed E-state index contributed by atoms with van der Waals surface area (Å²) in [4.78, 5) is 26.2. The molecule has 0 aromatic heterocycles. The molecule has 3 saturated carbocycles. The summed E-state index contributed by atoms with van der Waals surface area (Å²) in [5.41, 5.74) is -0.280. The number of nitrogens with one attached hydrogen (secondary N) is 2. The van der Waals surface area contributed by atoms with E-state index in [1.165, 1.54) is 0 Å². The van der Waals surface area contributed by atoms with Crippen LogP contribution >= 0.6 is 11.6 Å². The van der Waals surface area contributed by atoms with Crippen LogP contribution in [0.4, 0.5) is 0 Å². The van der Waals surface area contributed by atoms with E-state index in [4.69, 9.17) is 16.3 Å². The summed E-state index contributed by atoms with van der Waals surface area (Å²) < 4.78 is 5.47. The molecule has 142 valence electrons. The molecule has 0 heterocycles. The Kier molecular flexibility index (Phi) is 5.44.